The van der Waals surface area contributed by atoms with Crippen LogP contribution in [-0.4, -0.2) is 20.8 Å². The minimum Gasteiger partial charge on any atom is -0.493 e. The Bertz CT molecular complexity index is 438. The first-order valence-electron chi connectivity index (χ1n) is 6.35. The molecule has 0 aliphatic carbocycles. The number of methoxy groups -OCH3 is 2. The van der Waals surface area contributed by atoms with Gasteiger partial charge in [-0.15, -0.1) is 0 Å². The smallest absolute Gasteiger partial charge is 0.164 e. The molecule has 3 nitrogen and oxygen atoms in total. The topological polar surface area (TPSA) is 27.7 Å². The summed E-state index contributed by atoms with van der Waals surface area (Å²) < 4.78 is 16.6. The molecule has 100 valence electrons. The van der Waals surface area contributed by atoms with Crippen LogP contribution in [0.15, 0.2) is 12.1 Å². The second kappa shape index (κ2) is 4.71. The van der Waals surface area contributed by atoms with E-state index in [2.05, 4.69) is 20.8 Å². The van der Waals surface area contributed by atoms with Gasteiger partial charge in [0.15, 0.2) is 11.5 Å². The van der Waals surface area contributed by atoms with Gasteiger partial charge in [-0.2, -0.15) is 0 Å². The van der Waals surface area contributed by atoms with Crippen molar-refractivity contribution in [1.82, 2.24) is 0 Å². The van der Waals surface area contributed by atoms with E-state index in [1.807, 2.05) is 12.1 Å². The summed E-state index contributed by atoms with van der Waals surface area (Å²) >= 11 is 0. The van der Waals surface area contributed by atoms with Crippen LogP contribution >= 0.6 is 0 Å². The molecule has 0 saturated carbocycles. The van der Waals surface area contributed by atoms with Gasteiger partial charge in [-0.05, 0) is 23.8 Å². The van der Waals surface area contributed by atoms with E-state index < -0.39 is 0 Å². The highest BCUT2D eigenvalue weighted by molar-refractivity contribution is 5.52. The zero-order valence-electron chi connectivity index (χ0n) is 11.9. The lowest BCUT2D eigenvalue weighted by Crippen LogP contribution is -2.20. The molecule has 0 aromatic heterocycles. The van der Waals surface area contributed by atoms with E-state index in [-0.39, 0.29) is 5.41 Å². The zero-order chi connectivity index (χ0) is 13.3. The molecule has 1 aliphatic heterocycles. The Morgan fingerprint density at radius 3 is 2.39 bits per heavy atom. The van der Waals surface area contributed by atoms with Gasteiger partial charge in [-0.25, -0.2) is 0 Å². The average molecular weight is 250 g/mol. The van der Waals surface area contributed by atoms with Gasteiger partial charge in [0.25, 0.3) is 0 Å². The second-order valence-corrected chi connectivity index (χ2v) is 5.80. The third kappa shape index (κ3) is 2.40. The summed E-state index contributed by atoms with van der Waals surface area (Å²) in [5.41, 5.74) is 1.40. The van der Waals surface area contributed by atoms with Crippen molar-refractivity contribution in [3.63, 3.8) is 0 Å². The van der Waals surface area contributed by atoms with Gasteiger partial charge in [-0.1, -0.05) is 20.8 Å². The molecule has 18 heavy (non-hydrogen) atoms. The van der Waals surface area contributed by atoms with E-state index in [1.54, 1.807) is 14.2 Å². The van der Waals surface area contributed by atoms with Crippen LogP contribution in [0.5, 0.6) is 17.2 Å². The van der Waals surface area contributed by atoms with Crippen LogP contribution in [0.25, 0.3) is 0 Å². The van der Waals surface area contributed by atoms with E-state index in [1.165, 1.54) is 5.56 Å². The van der Waals surface area contributed by atoms with E-state index in [9.17, 15) is 0 Å². The number of hydrogen-bond acceptors (Lipinski definition) is 3. The Morgan fingerprint density at radius 1 is 1.17 bits per heavy atom. The molecule has 0 saturated heterocycles. The Kier molecular flexibility index (Phi) is 3.42. The van der Waals surface area contributed by atoms with Crippen LogP contribution in [0.3, 0.4) is 0 Å². The molecule has 1 unspecified atom stereocenters. The summed E-state index contributed by atoms with van der Waals surface area (Å²) in [4.78, 5) is 0. The summed E-state index contributed by atoms with van der Waals surface area (Å²) in [6.45, 7) is 7.45. The molecule has 0 N–H and O–H groups in total. The highest BCUT2D eigenvalue weighted by Crippen LogP contribution is 2.44. The van der Waals surface area contributed by atoms with E-state index in [4.69, 9.17) is 14.2 Å². The van der Waals surface area contributed by atoms with Gasteiger partial charge in [-0.3, -0.25) is 0 Å². The van der Waals surface area contributed by atoms with Crippen molar-refractivity contribution in [3.8, 4) is 17.2 Å². The van der Waals surface area contributed by atoms with Crippen LogP contribution in [-0.2, 0) is 0 Å². The predicted molar refractivity (Wildman–Crippen MR) is 71.9 cm³/mol. The molecule has 0 spiro atoms. The third-order valence-electron chi connectivity index (χ3n) is 3.52. The van der Waals surface area contributed by atoms with Gasteiger partial charge in [0.05, 0.1) is 20.8 Å². The Morgan fingerprint density at radius 2 is 1.78 bits per heavy atom. The van der Waals surface area contributed by atoms with Gasteiger partial charge in [0, 0.05) is 11.6 Å². The molecule has 1 aromatic carbocycles. The second-order valence-electron chi connectivity index (χ2n) is 5.80. The van der Waals surface area contributed by atoms with Crippen molar-refractivity contribution >= 4 is 0 Å². The summed E-state index contributed by atoms with van der Waals surface area (Å²) in [6.07, 6.45) is 1.11. The molecular formula is C15H22O3. The minimum absolute atomic E-state index is 0.193. The maximum absolute atomic E-state index is 5.94. The molecule has 0 fully saturated rings. The lowest BCUT2D eigenvalue weighted by Gasteiger charge is -2.23. The number of hydrogen-bond donors (Lipinski definition) is 0. The molecule has 1 aliphatic rings. The van der Waals surface area contributed by atoms with E-state index >= 15 is 0 Å². The van der Waals surface area contributed by atoms with Gasteiger partial charge in [0.2, 0.25) is 0 Å². The van der Waals surface area contributed by atoms with Crippen molar-refractivity contribution in [1.29, 1.82) is 0 Å². The van der Waals surface area contributed by atoms with Gasteiger partial charge in [0.1, 0.15) is 5.75 Å². The highest BCUT2D eigenvalue weighted by Gasteiger charge is 2.29. The molecule has 1 atom stereocenters. The quantitative estimate of drug-likeness (QED) is 0.802. The van der Waals surface area contributed by atoms with Crippen molar-refractivity contribution in [3.05, 3.63) is 17.7 Å². The van der Waals surface area contributed by atoms with Crippen LogP contribution in [0, 0.1) is 5.41 Å². The lowest BCUT2D eigenvalue weighted by molar-refractivity contribution is 0.177. The maximum atomic E-state index is 5.94. The van der Waals surface area contributed by atoms with E-state index in [0.29, 0.717) is 5.92 Å². The number of fused-ring (bicyclic) bond motifs is 1. The molecule has 3 heteroatoms. The van der Waals surface area contributed by atoms with Crippen LogP contribution in [0.2, 0.25) is 0 Å². The van der Waals surface area contributed by atoms with Crippen LogP contribution in [0.4, 0.5) is 0 Å². The maximum Gasteiger partial charge on any atom is 0.164 e. The standard InChI is InChI=1S/C15H22O3/c1-10-8-15(2,3)9-18-12-7-14(17-5)13(16-4)6-11(10)12/h6-7,10H,8-9H2,1-5H3. The van der Waals surface area contributed by atoms with Crippen LogP contribution in [0.1, 0.15) is 38.7 Å². The van der Waals surface area contributed by atoms with Crippen molar-refractivity contribution in [2.45, 2.75) is 33.1 Å². The summed E-state index contributed by atoms with van der Waals surface area (Å²) in [5.74, 6) is 2.87. The predicted octanol–water partition coefficient (Wildman–Crippen LogP) is 3.62. The summed E-state index contributed by atoms with van der Waals surface area (Å²) in [7, 11) is 3.31. The number of ether oxygens (including phenoxy) is 3. The number of rotatable bonds is 2. The lowest BCUT2D eigenvalue weighted by atomic mass is 9.82. The molecule has 2 rings (SSSR count). The summed E-state index contributed by atoms with van der Waals surface area (Å²) in [6, 6.07) is 3.98. The molecule has 0 radical (unpaired) electrons. The highest BCUT2D eigenvalue weighted by atomic mass is 16.5. The van der Waals surface area contributed by atoms with E-state index in [0.717, 1.165) is 30.3 Å². The first-order valence-corrected chi connectivity index (χ1v) is 6.35. The number of benzene rings is 1. The zero-order valence-corrected chi connectivity index (χ0v) is 11.9. The average Bonchev–Trinajstić information content (AvgIpc) is 2.44. The Balaban J connectivity index is 2.46. The molecule has 0 bridgehead atoms. The first kappa shape index (κ1) is 13.1. The fourth-order valence-electron chi connectivity index (χ4n) is 2.66. The van der Waals surface area contributed by atoms with Gasteiger partial charge < -0.3 is 14.2 Å². The molecule has 1 aromatic rings. The monoisotopic (exact) mass is 250 g/mol. The fourth-order valence-corrected chi connectivity index (χ4v) is 2.66. The fraction of sp³-hybridized carbons (Fsp3) is 0.600. The minimum atomic E-state index is 0.193. The Labute approximate surface area is 109 Å². The normalized spacial score (nSPS) is 21.5. The van der Waals surface area contributed by atoms with Crippen LogP contribution < -0.4 is 14.2 Å². The van der Waals surface area contributed by atoms with Crippen molar-refractivity contribution in [2.24, 2.45) is 5.41 Å². The SMILES string of the molecule is COc1cc2c(cc1OC)C(C)CC(C)(C)CO2. The van der Waals surface area contributed by atoms with Crippen molar-refractivity contribution < 1.29 is 14.2 Å². The Hall–Kier alpha value is -1.38. The summed E-state index contributed by atoms with van der Waals surface area (Å²) in [5, 5.41) is 0. The molecular weight excluding hydrogens is 228 g/mol. The van der Waals surface area contributed by atoms with Crippen molar-refractivity contribution in [2.75, 3.05) is 20.8 Å². The third-order valence-corrected chi connectivity index (χ3v) is 3.52. The first-order chi connectivity index (χ1) is 8.46. The largest absolute Gasteiger partial charge is 0.493 e. The van der Waals surface area contributed by atoms with Gasteiger partial charge >= 0.3 is 0 Å². The molecule has 0 amide bonds. The molecule has 1 heterocycles.